The zero-order chi connectivity index (χ0) is 12.3. The van der Waals surface area contributed by atoms with Gasteiger partial charge < -0.3 is 0 Å². The Morgan fingerprint density at radius 1 is 0.800 bits per heavy atom. The van der Waals surface area contributed by atoms with Crippen molar-refractivity contribution in [3.05, 3.63) is 11.1 Å². The Morgan fingerprint density at radius 2 is 1.20 bits per heavy atom. The molecule has 0 atom stereocenters. The molecule has 15 heavy (non-hydrogen) atoms. The Kier molecular flexibility index (Phi) is 4.67. The zero-order valence-electron chi connectivity index (χ0n) is 8.39. The Labute approximate surface area is 84.0 Å². The monoisotopic (exact) mass is 234 g/mol. The van der Waals surface area contributed by atoms with Gasteiger partial charge in [-0.1, -0.05) is 20.3 Å². The maximum absolute atomic E-state index is 12.3. The van der Waals surface area contributed by atoms with E-state index in [9.17, 15) is 26.3 Å². The summed E-state index contributed by atoms with van der Waals surface area (Å²) < 4.78 is 73.7. The summed E-state index contributed by atoms with van der Waals surface area (Å²) in [6.07, 6.45) is -11.0. The molecule has 0 N–H and O–H groups in total. The summed E-state index contributed by atoms with van der Waals surface area (Å²) in [4.78, 5) is 0. The molecule has 0 rings (SSSR count). The SMILES string of the molecule is CCCC(=C(CC)C(F)(F)F)C(F)(F)F. The molecule has 0 nitrogen and oxygen atoms in total. The lowest BCUT2D eigenvalue weighted by molar-refractivity contribution is -0.118. The van der Waals surface area contributed by atoms with Gasteiger partial charge in [0.1, 0.15) is 0 Å². The molecule has 6 heteroatoms. The number of rotatable bonds is 3. The van der Waals surface area contributed by atoms with Crippen molar-refractivity contribution in [2.45, 2.75) is 45.5 Å². The van der Waals surface area contributed by atoms with E-state index < -0.39 is 36.3 Å². The Morgan fingerprint density at radius 3 is 1.40 bits per heavy atom. The van der Waals surface area contributed by atoms with Crippen molar-refractivity contribution >= 4 is 0 Å². The molecule has 0 amide bonds. The minimum atomic E-state index is -4.89. The van der Waals surface area contributed by atoms with E-state index in [0.29, 0.717) is 0 Å². The normalized spacial score (nSPS) is 15.2. The van der Waals surface area contributed by atoms with Gasteiger partial charge in [-0.3, -0.25) is 0 Å². The topological polar surface area (TPSA) is 0 Å². The highest BCUT2D eigenvalue weighted by molar-refractivity contribution is 5.23. The third-order valence-corrected chi connectivity index (χ3v) is 1.90. The lowest BCUT2D eigenvalue weighted by Gasteiger charge is -2.18. The van der Waals surface area contributed by atoms with Crippen LogP contribution in [0.15, 0.2) is 11.1 Å². The minimum absolute atomic E-state index is 0.0361. The van der Waals surface area contributed by atoms with Crippen LogP contribution in [0, 0.1) is 0 Å². The van der Waals surface area contributed by atoms with E-state index in [0.717, 1.165) is 6.92 Å². The van der Waals surface area contributed by atoms with Gasteiger partial charge in [0.25, 0.3) is 0 Å². The van der Waals surface area contributed by atoms with Gasteiger partial charge in [-0.05, 0) is 12.8 Å². The third-order valence-electron chi connectivity index (χ3n) is 1.90. The molecule has 0 bridgehead atoms. The summed E-state index contributed by atoms with van der Waals surface area (Å²) in [6, 6.07) is 0. The van der Waals surface area contributed by atoms with Crippen LogP contribution < -0.4 is 0 Å². The summed E-state index contributed by atoms with van der Waals surface area (Å²) >= 11 is 0. The first-order chi connectivity index (χ1) is 6.64. The smallest absolute Gasteiger partial charge is 0.166 e. The van der Waals surface area contributed by atoms with Crippen molar-refractivity contribution in [3.63, 3.8) is 0 Å². The molecule has 0 unspecified atom stereocenters. The number of halogens is 6. The van der Waals surface area contributed by atoms with Crippen molar-refractivity contribution in [2.75, 3.05) is 0 Å². The zero-order valence-corrected chi connectivity index (χ0v) is 8.39. The number of hydrogen-bond donors (Lipinski definition) is 0. The Hall–Kier alpha value is -0.680. The van der Waals surface area contributed by atoms with Crippen LogP contribution in [0.3, 0.4) is 0 Å². The van der Waals surface area contributed by atoms with Crippen molar-refractivity contribution in [1.29, 1.82) is 0 Å². The number of alkyl halides is 6. The van der Waals surface area contributed by atoms with Crippen LogP contribution in [0.4, 0.5) is 26.3 Å². The molecular weight excluding hydrogens is 222 g/mol. The van der Waals surface area contributed by atoms with Gasteiger partial charge in [-0.2, -0.15) is 26.3 Å². The predicted octanol–water partition coefficient (Wildman–Crippen LogP) is 4.62. The van der Waals surface area contributed by atoms with Gasteiger partial charge in [-0.15, -0.1) is 0 Å². The molecular formula is C9H12F6. The van der Waals surface area contributed by atoms with E-state index in [1.165, 1.54) is 6.92 Å². The molecule has 0 aliphatic rings. The van der Waals surface area contributed by atoms with Gasteiger partial charge in [-0.25, -0.2) is 0 Å². The van der Waals surface area contributed by atoms with E-state index in [1.807, 2.05) is 0 Å². The quantitative estimate of drug-likeness (QED) is 0.493. The summed E-state index contributed by atoms with van der Waals surface area (Å²) in [6.45, 7) is 2.49. The fraction of sp³-hybridized carbons (Fsp3) is 0.778. The lowest BCUT2D eigenvalue weighted by atomic mass is 10.0. The Balaban J connectivity index is 5.39. The molecule has 0 aromatic carbocycles. The highest BCUT2D eigenvalue weighted by atomic mass is 19.4. The molecule has 0 saturated heterocycles. The number of allylic oxidation sites excluding steroid dienone is 2. The van der Waals surface area contributed by atoms with E-state index in [1.54, 1.807) is 0 Å². The van der Waals surface area contributed by atoms with E-state index in [2.05, 4.69) is 0 Å². The van der Waals surface area contributed by atoms with Crippen LogP contribution in [0.1, 0.15) is 33.1 Å². The molecule has 0 aliphatic carbocycles. The van der Waals surface area contributed by atoms with Gasteiger partial charge in [0.2, 0.25) is 0 Å². The van der Waals surface area contributed by atoms with Gasteiger partial charge >= 0.3 is 12.4 Å². The van der Waals surface area contributed by atoms with Crippen LogP contribution >= 0.6 is 0 Å². The van der Waals surface area contributed by atoms with Crippen molar-refractivity contribution in [1.82, 2.24) is 0 Å². The summed E-state index contributed by atoms with van der Waals surface area (Å²) in [5.41, 5.74) is -2.91. The fourth-order valence-electron chi connectivity index (χ4n) is 1.30. The molecule has 0 aromatic heterocycles. The summed E-state index contributed by atoms with van der Waals surface area (Å²) in [5.74, 6) is 0. The molecule has 90 valence electrons. The van der Waals surface area contributed by atoms with Crippen LogP contribution in [0.2, 0.25) is 0 Å². The lowest BCUT2D eigenvalue weighted by Crippen LogP contribution is -2.22. The van der Waals surface area contributed by atoms with Crippen LogP contribution in [-0.4, -0.2) is 12.4 Å². The highest BCUT2D eigenvalue weighted by Gasteiger charge is 2.43. The maximum Gasteiger partial charge on any atom is 0.412 e. The number of hydrogen-bond acceptors (Lipinski definition) is 0. The summed E-state index contributed by atoms with van der Waals surface area (Å²) in [5, 5.41) is 0. The van der Waals surface area contributed by atoms with E-state index in [4.69, 9.17) is 0 Å². The molecule has 0 aromatic rings. The molecule has 0 spiro atoms. The van der Waals surface area contributed by atoms with Crippen LogP contribution in [0.5, 0.6) is 0 Å². The second-order valence-electron chi connectivity index (χ2n) is 3.06. The molecule has 0 fully saturated rings. The third kappa shape index (κ3) is 4.13. The largest absolute Gasteiger partial charge is 0.412 e. The molecule has 0 heterocycles. The maximum atomic E-state index is 12.3. The summed E-state index contributed by atoms with van der Waals surface area (Å²) in [7, 11) is 0. The van der Waals surface area contributed by atoms with E-state index >= 15 is 0 Å². The predicted molar refractivity (Wildman–Crippen MR) is 44.3 cm³/mol. The minimum Gasteiger partial charge on any atom is -0.166 e. The second kappa shape index (κ2) is 4.90. The molecule has 0 saturated carbocycles. The molecule has 0 aliphatic heterocycles. The van der Waals surface area contributed by atoms with Crippen molar-refractivity contribution in [2.24, 2.45) is 0 Å². The fourth-order valence-corrected chi connectivity index (χ4v) is 1.30. The first kappa shape index (κ1) is 14.3. The first-order valence-electron chi connectivity index (χ1n) is 4.51. The van der Waals surface area contributed by atoms with Crippen molar-refractivity contribution in [3.8, 4) is 0 Å². The van der Waals surface area contributed by atoms with Crippen molar-refractivity contribution < 1.29 is 26.3 Å². The first-order valence-corrected chi connectivity index (χ1v) is 4.51. The highest BCUT2D eigenvalue weighted by Crippen LogP contribution is 2.39. The van der Waals surface area contributed by atoms with Gasteiger partial charge in [0.05, 0.1) is 0 Å². The van der Waals surface area contributed by atoms with Crippen LogP contribution in [-0.2, 0) is 0 Å². The van der Waals surface area contributed by atoms with Gasteiger partial charge in [0, 0.05) is 11.1 Å². The van der Waals surface area contributed by atoms with E-state index in [-0.39, 0.29) is 6.42 Å². The van der Waals surface area contributed by atoms with Crippen LogP contribution in [0.25, 0.3) is 0 Å². The average Bonchev–Trinajstić information content (AvgIpc) is 2.00. The Bertz CT molecular complexity index is 232. The molecule has 0 radical (unpaired) electrons. The standard InChI is InChI=1S/C9H12F6/c1-3-5-7(9(13,14)15)6(4-2)8(10,11)12/h3-5H2,1-2H3. The second-order valence-corrected chi connectivity index (χ2v) is 3.06. The van der Waals surface area contributed by atoms with Gasteiger partial charge in [0.15, 0.2) is 0 Å². The average molecular weight is 234 g/mol.